The Morgan fingerprint density at radius 2 is 1.35 bits per heavy atom. The summed E-state index contributed by atoms with van der Waals surface area (Å²) in [6, 6.07) is 16.6. The van der Waals surface area contributed by atoms with Gasteiger partial charge in [0.15, 0.2) is 5.78 Å². The molecule has 2 aliphatic rings. The summed E-state index contributed by atoms with van der Waals surface area (Å²) in [6.45, 7) is 0. The highest BCUT2D eigenvalue weighted by atomic mass is 79.9. The largest absolute Gasteiger partial charge is 0.292 e. The minimum atomic E-state index is 0.190. The molecular formula is C22H19Br2NO. The van der Waals surface area contributed by atoms with E-state index in [1.807, 2.05) is 36.4 Å². The van der Waals surface area contributed by atoms with Gasteiger partial charge in [-0.25, -0.2) is 0 Å². The number of rotatable bonds is 2. The van der Waals surface area contributed by atoms with Crippen molar-refractivity contribution in [3.05, 3.63) is 79.7 Å². The van der Waals surface area contributed by atoms with Gasteiger partial charge in [0.25, 0.3) is 0 Å². The van der Waals surface area contributed by atoms with E-state index in [0.717, 1.165) is 44.1 Å². The molecule has 0 amide bonds. The van der Waals surface area contributed by atoms with Crippen molar-refractivity contribution in [2.45, 2.75) is 24.9 Å². The summed E-state index contributed by atoms with van der Waals surface area (Å²) in [5.74, 6) is 0.190. The van der Waals surface area contributed by atoms with Gasteiger partial charge in [0.2, 0.25) is 0 Å². The lowest BCUT2D eigenvalue weighted by Crippen LogP contribution is -2.43. The van der Waals surface area contributed by atoms with Gasteiger partial charge in [0.1, 0.15) is 0 Å². The fourth-order valence-electron chi connectivity index (χ4n) is 4.03. The zero-order valence-electron chi connectivity index (χ0n) is 14.5. The molecule has 0 saturated carbocycles. The fourth-order valence-corrected chi connectivity index (χ4v) is 4.87. The molecule has 2 heterocycles. The van der Waals surface area contributed by atoms with Crippen LogP contribution in [0.25, 0.3) is 12.2 Å². The minimum Gasteiger partial charge on any atom is -0.292 e. The van der Waals surface area contributed by atoms with Crippen LogP contribution in [0.1, 0.15) is 24.0 Å². The number of fused-ring (bicyclic) bond motifs is 2. The highest BCUT2D eigenvalue weighted by molar-refractivity contribution is 9.10. The van der Waals surface area contributed by atoms with E-state index in [1.54, 1.807) is 0 Å². The second kappa shape index (κ2) is 7.26. The molecule has 4 heteroatoms. The number of hydrogen-bond donors (Lipinski definition) is 0. The Balaban J connectivity index is 1.78. The van der Waals surface area contributed by atoms with Crippen molar-refractivity contribution in [3.8, 4) is 0 Å². The molecule has 0 N–H and O–H groups in total. The van der Waals surface area contributed by atoms with Crippen LogP contribution in [0.3, 0.4) is 0 Å². The average molecular weight is 473 g/mol. The van der Waals surface area contributed by atoms with Crippen molar-refractivity contribution >= 4 is 49.8 Å². The highest BCUT2D eigenvalue weighted by Gasteiger charge is 2.44. The zero-order chi connectivity index (χ0) is 18.3. The second-order valence-corrected chi connectivity index (χ2v) is 8.74. The number of halogens is 2. The Morgan fingerprint density at radius 3 is 1.77 bits per heavy atom. The summed E-state index contributed by atoms with van der Waals surface area (Å²) in [5, 5.41) is 0. The lowest BCUT2D eigenvalue weighted by molar-refractivity contribution is -0.114. The molecule has 2 saturated heterocycles. The van der Waals surface area contributed by atoms with Gasteiger partial charge in [-0.05, 0) is 67.4 Å². The molecule has 0 unspecified atom stereocenters. The first-order valence-corrected chi connectivity index (χ1v) is 10.3. The van der Waals surface area contributed by atoms with Crippen molar-refractivity contribution in [2.75, 3.05) is 7.05 Å². The van der Waals surface area contributed by atoms with Gasteiger partial charge in [0.05, 0.1) is 0 Å². The van der Waals surface area contributed by atoms with E-state index >= 15 is 0 Å². The molecular weight excluding hydrogens is 454 g/mol. The summed E-state index contributed by atoms with van der Waals surface area (Å²) in [6.07, 6.45) is 6.18. The third kappa shape index (κ3) is 3.38. The number of carbonyl (C=O) groups excluding carboxylic acids is 1. The Bertz CT molecular complexity index is 858. The summed E-state index contributed by atoms with van der Waals surface area (Å²) in [4.78, 5) is 15.7. The van der Waals surface area contributed by atoms with Crippen molar-refractivity contribution in [1.82, 2.24) is 4.90 Å². The molecule has 2 fully saturated rings. The molecule has 0 radical (unpaired) electrons. The van der Waals surface area contributed by atoms with E-state index in [0.29, 0.717) is 0 Å². The Hall–Kier alpha value is -1.49. The maximum absolute atomic E-state index is 13.3. The van der Waals surface area contributed by atoms with Gasteiger partial charge in [0, 0.05) is 32.2 Å². The first-order chi connectivity index (χ1) is 12.5. The standard InChI is InChI=1S/C22H19Br2NO/c1-25-20-8-9-21(25)19(13-15-5-3-7-17(24)11-15)22(26)18(20)12-14-4-2-6-16(23)10-14/h2-7,10-13,20-21H,8-9H2,1H3/b18-12+,19-13+/t20-,21-/m0/s1. The van der Waals surface area contributed by atoms with Crippen LogP contribution >= 0.6 is 31.9 Å². The van der Waals surface area contributed by atoms with Gasteiger partial charge in [-0.2, -0.15) is 0 Å². The normalized spacial score (nSPS) is 26.0. The number of nitrogens with zero attached hydrogens (tertiary/aromatic N) is 1. The third-order valence-corrected chi connectivity index (χ3v) is 6.27. The van der Waals surface area contributed by atoms with Crippen LogP contribution < -0.4 is 0 Å². The predicted octanol–water partition coefficient (Wildman–Crippen LogP) is 5.72. The van der Waals surface area contributed by atoms with Crippen LogP contribution in [0.5, 0.6) is 0 Å². The van der Waals surface area contributed by atoms with Gasteiger partial charge in [-0.3, -0.25) is 9.69 Å². The van der Waals surface area contributed by atoms with Crippen LogP contribution in [0.15, 0.2) is 68.6 Å². The van der Waals surface area contributed by atoms with Crippen molar-refractivity contribution in [1.29, 1.82) is 0 Å². The lowest BCUT2D eigenvalue weighted by Gasteiger charge is -2.34. The summed E-state index contributed by atoms with van der Waals surface area (Å²) >= 11 is 7.03. The topological polar surface area (TPSA) is 20.3 Å². The molecule has 132 valence electrons. The van der Waals surface area contributed by atoms with E-state index < -0.39 is 0 Å². The number of likely N-dealkylation sites (N-methyl/N-ethyl adjacent to an activating group) is 1. The van der Waals surface area contributed by atoms with E-state index in [2.05, 4.69) is 68.1 Å². The van der Waals surface area contributed by atoms with Crippen molar-refractivity contribution in [3.63, 3.8) is 0 Å². The summed E-state index contributed by atoms with van der Waals surface area (Å²) < 4.78 is 2.05. The molecule has 2 aromatic carbocycles. The number of piperidine rings is 1. The first-order valence-electron chi connectivity index (χ1n) is 8.74. The number of hydrogen-bond acceptors (Lipinski definition) is 2. The first kappa shape index (κ1) is 17.9. The summed E-state index contributed by atoms with van der Waals surface area (Å²) in [5.41, 5.74) is 3.92. The molecule has 2 atom stereocenters. The maximum Gasteiger partial charge on any atom is 0.188 e. The highest BCUT2D eigenvalue weighted by Crippen LogP contribution is 2.40. The minimum absolute atomic E-state index is 0.190. The van der Waals surface area contributed by atoms with Gasteiger partial charge < -0.3 is 0 Å². The third-order valence-electron chi connectivity index (χ3n) is 5.28. The molecule has 0 aliphatic carbocycles. The number of carbonyl (C=O) groups is 1. The molecule has 0 aromatic heterocycles. The smallest absolute Gasteiger partial charge is 0.188 e. The molecule has 0 spiro atoms. The van der Waals surface area contributed by atoms with Crippen LogP contribution in [-0.2, 0) is 4.79 Å². The average Bonchev–Trinajstić information content (AvgIpc) is 2.92. The Morgan fingerprint density at radius 1 is 0.885 bits per heavy atom. The fraction of sp³-hybridized carbons (Fsp3) is 0.227. The monoisotopic (exact) mass is 471 g/mol. The molecule has 2 nitrogen and oxygen atoms in total. The van der Waals surface area contributed by atoms with E-state index in [-0.39, 0.29) is 17.9 Å². The number of ketones is 1. The second-order valence-electron chi connectivity index (χ2n) is 6.91. The molecule has 2 bridgehead atoms. The molecule has 2 aromatic rings. The quantitative estimate of drug-likeness (QED) is 0.520. The van der Waals surface area contributed by atoms with Crippen LogP contribution in [0.4, 0.5) is 0 Å². The Labute approximate surface area is 170 Å². The van der Waals surface area contributed by atoms with Gasteiger partial charge in [-0.1, -0.05) is 56.1 Å². The van der Waals surface area contributed by atoms with E-state index in [9.17, 15) is 4.79 Å². The SMILES string of the molecule is CN1[C@H]2CC[C@H]1/C(=C\c1cccc(Br)c1)C(=O)/C2=C/c1cccc(Br)c1. The van der Waals surface area contributed by atoms with Gasteiger partial charge >= 0.3 is 0 Å². The number of benzene rings is 2. The lowest BCUT2D eigenvalue weighted by atomic mass is 9.88. The number of Topliss-reactive ketones (excluding diaryl/α,β-unsaturated/α-hetero) is 1. The van der Waals surface area contributed by atoms with Crippen LogP contribution in [0, 0.1) is 0 Å². The van der Waals surface area contributed by atoms with Crippen LogP contribution in [0.2, 0.25) is 0 Å². The van der Waals surface area contributed by atoms with E-state index in [4.69, 9.17) is 0 Å². The summed E-state index contributed by atoms with van der Waals surface area (Å²) in [7, 11) is 2.14. The van der Waals surface area contributed by atoms with Crippen LogP contribution in [-0.4, -0.2) is 29.8 Å². The van der Waals surface area contributed by atoms with Gasteiger partial charge in [-0.15, -0.1) is 0 Å². The molecule has 26 heavy (non-hydrogen) atoms. The predicted molar refractivity (Wildman–Crippen MR) is 114 cm³/mol. The molecule has 4 rings (SSSR count). The zero-order valence-corrected chi connectivity index (χ0v) is 17.6. The molecule has 2 aliphatic heterocycles. The Kier molecular flexibility index (Phi) is 5.00. The maximum atomic E-state index is 13.3. The van der Waals surface area contributed by atoms with Crippen molar-refractivity contribution in [2.24, 2.45) is 0 Å². The van der Waals surface area contributed by atoms with E-state index in [1.165, 1.54) is 0 Å². The van der Waals surface area contributed by atoms with Crippen molar-refractivity contribution < 1.29 is 4.79 Å².